The number of carboxylic acids is 1. The van der Waals surface area contributed by atoms with Crippen LogP contribution in [0.4, 0.5) is 4.39 Å². The third-order valence-corrected chi connectivity index (χ3v) is 4.00. The number of rotatable bonds is 5. The highest BCUT2D eigenvalue weighted by molar-refractivity contribution is 5.80. The first kappa shape index (κ1) is 14.8. The van der Waals surface area contributed by atoms with Crippen molar-refractivity contribution in [3.63, 3.8) is 0 Å². The van der Waals surface area contributed by atoms with Crippen LogP contribution in [0.5, 0.6) is 5.75 Å². The monoisotopic (exact) mass is 281 g/mol. The fourth-order valence-electron chi connectivity index (χ4n) is 2.72. The SMILES string of the molecule is COc1ccc(C(C)(NC2CCCC2)C(=O)O)cc1F. The second kappa shape index (κ2) is 5.79. The van der Waals surface area contributed by atoms with Crippen LogP contribution in [0.1, 0.15) is 38.2 Å². The highest BCUT2D eigenvalue weighted by Gasteiger charge is 2.38. The van der Waals surface area contributed by atoms with Gasteiger partial charge in [0.05, 0.1) is 7.11 Å². The number of halogens is 1. The fraction of sp³-hybridized carbons (Fsp3) is 0.533. The third-order valence-electron chi connectivity index (χ3n) is 4.00. The predicted molar refractivity (Wildman–Crippen MR) is 73.3 cm³/mol. The molecule has 1 saturated carbocycles. The van der Waals surface area contributed by atoms with Crippen LogP contribution >= 0.6 is 0 Å². The van der Waals surface area contributed by atoms with Gasteiger partial charge in [-0.1, -0.05) is 18.9 Å². The molecule has 0 radical (unpaired) electrons. The van der Waals surface area contributed by atoms with Crippen LogP contribution in [0.2, 0.25) is 0 Å². The van der Waals surface area contributed by atoms with Gasteiger partial charge in [-0.3, -0.25) is 5.32 Å². The van der Waals surface area contributed by atoms with Gasteiger partial charge in [0.2, 0.25) is 0 Å². The fourth-order valence-corrected chi connectivity index (χ4v) is 2.72. The van der Waals surface area contributed by atoms with Crippen LogP contribution in [0.3, 0.4) is 0 Å². The summed E-state index contributed by atoms with van der Waals surface area (Å²) in [6, 6.07) is 4.45. The molecular formula is C15H20FNO3. The van der Waals surface area contributed by atoms with Crippen molar-refractivity contribution in [2.75, 3.05) is 7.11 Å². The number of ether oxygens (including phenoxy) is 1. The van der Waals surface area contributed by atoms with E-state index < -0.39 is 17.3 Å². The number of benzene rings is 1. The molecule has 2 rings (SSSR count). The van der Waals surface area contributed by atoms with E-state index in [0.29, 0.717) is 5.56 Å². The standard InChI is InChI=1S/C15H20FNO3/c1-15(14(18)19,17-11-5-3-4-6-11)10-7-8-13(20-2)12(16)9-10/h7-9,11,17H,3-6H2,1-2H3,(H,18,19). The summed E-state index contributed by atoms with van der Waals surface area (Å²) in [5.74, 6) is -1.44. The number of hydrogen-bond donors (Lipinski definition) is 2. The first-order valence-electron chi connectivity index (χ1n) is 6.82. The van der Waals surface area contributed by atoms with E-state index in [1.165, 1.54) is 19.2 Å². The van der Waals surface area contributed by atoms with Crippen LogP contribution in [0.15, 0.2) is 18.2 Å². The molecule has 1 aliphatic carbocycles. The summed E-state index contributed by atoms with van der Waals surface area (Å²) in [5, 5.41) is 12.7. The molecule has 0 heterocycles. The van der Waals surface area contributed by atoms with Gasteiger partial charge in [0.25, 0.3) is 0 Å². The Labute approximate surface area is 117 Å². The van der Waals surface area contributed by atoms with Crippen molar-refractivity contribution in [2.45, 2.75) is 44.2 Å². The molecule has 20 heavy (non-hydrogen) atoms. The lowest BCUT2D eigenvalue weighted by Crippen LogP contribution is -2.50. The number of carboxylic acid groups (broad SMARTS) is 1. The average Bonchev–Trinajstić information content (AvgIpc) is 2.91. The molecule has 1 aromatic carbocycles. The molecule has 0 aliphatic heterocycles. The Kier molecular flexibility index (Phi) is 4.28. The Morgan fingerprint density at radius 3 is 2.60 bits per heavy atom. The minimum atomic E-state index is -1.29. The zero-order valence-electron chi connectivity index (χ0n) is 11.8. The van der Waals surface area contributed by atoms with Gasteiger partial charge in [0.1, 0.15) is 5.54 Å². The number of methoxy groups -OCH3 is 1. The molecule has 0 spiro atoms. The van der Waals surface area contributed by atoms with Crippen molar-refractivity contribution in [1.29, 1.82) is 0 Å². The van der Waals surface area contributed by atoms with Crippen LogP contribution in [-0.2, 0) is 10.3 Å². The normalized spacial score (nSPS) is 18.8. The van der Waals surface area contributed by atoms with Crippen molar-refractivity contribution in [3.05, 3.63) is 29.6 Å². The summed E-state index contributed by atoms with van der Waals surface area (Å²) in [4.78, 5) is 11.7. The van der Waals surface area contributed by atoms with Crippen molar-refractivity contribution < 1.29 is 19.0 Å². The maximum Gasteiger partial charge on any atom is 0.328 e. The third kappa shape index (κ3) is 2.77. The van der Waals surface area contributed by atoms with Gasteiger partial charge in [-0.2, -0.15) is 0 Å². The van der Waals surface area contributed by atoms with Gasteiger partial charge in [0.15, 0.2) is 11.6 Å². The van der Waals surface area contributed by atoms with E-state index in [0.717, 1.165) is 25.7 Å². The van der Waals surface area contributed by atoms with E-state index in [4.69, 9.17) is 4.74 Å². The van der Waals surface area contributed by atoms with Crippen LogP contribution in [0.25, 0.3) is 0 Å². The lowest BCUT2D eigenvalue weighted by molar-refractivity contribution is -0.145. The molecule has 1 fully saturated rings. The Morgan fingerprint density at radius 2 is 2.10 bits per heavy atom. The van der Waals surface area contributed by atoms with Crippen molar-refractivity contribution in [1.82, 2.24) is 5.32 Å². The summed E-state index contributed by atoms with van der Waals surface area (Å²) in [7, 11) is 1.38. The first-order chi connectivity index (χ1) is 9.47. The minimum Gasteiger partial charge on any atom is -0.494 e. The Hall–Kier alpha value is -1.62. The lowest BCUT2D eigenvalue weighted by Gasteiger charge is -2.30. The van der Waals surface area contributed by atoms with Gasteiger partial charge in [0, 0.05) is 6.04 Å². The minimum absolute atomic E-state index is 0.113. The summed E-state index contributed by atoms with van der Waals surface area (Å²) in [6.07, 6.45) is 4.12. The van der Waals surface area contributed by atoms with Crippen molar-refractivity contribution >= 4 is 5.97 Å². The average molecular weight is 281 g/mol. The Balaban J connectivity index is 2.31. The second-order valence-corrected chi connectivity index (χ2v) is 5.41. The highest BCUT2D eigenvalue weighted by Crippen LogP contribution is 2.29. The topological polar surface area (TPSA) is 58.6 Å². The number of carbonyl (C=O) groups is 1. The van der Waals surface area contributed by atoms with E-state index in [2.05, 4.69) is 5.32 Å². The molecular weight excluding hydrogens is 261 g/mol. The molecule has 1 aliphatic rings. The molecule has 5 heteroatoms. The molecule has 110 valence electrons. The molecule has 2 N–H and O–H groups in total. The number of hydrogen-bond acceptors (Lipinski definition) is 3. The van der Waals surface area contributed by atoms with Crippen LogP contribution in [0, 0.1) is 5.82 Å². The smallest absolute Gasteiger partial charge is 0.328 e. The van der Waals surface area contributed by atoms with E-state index in [-0.39, 0.29) is 11.8 Å². The molecule has 1 atom stereocenters. The Morgan fingerprint density at radius 1 is 1.45 bits per heavy atom. The second-order valence-electron chi connectivity index (χ2n) is 5.41. The molecule has 0 amide bonds. The van der Waals surface area contributed by atoms with Crippen molar-refractivity contribution in [3.8, 4) is 5.75 Å². The van der Waals surface area contributed by atoms with Gasteiger partial charge in [-0.15, -0.1) is 0 Å². The maximum absolute atomic E-state index is 13.8. The zero-order chi connectivity index (χ0) is 14.8. The van der Waals surface area contributed by atoms with E-state index >= 15 is 0 Å². The Bertz CT molecular complexity index is 500. The number of nitrogens with one attached hydrogen (secondary N) is 1. The van der Waals surface area contributed by atoms with Crippen molar-refractivity contribution in [2.24, 2.45) is 0 Å². The van der Waals surface area contributed by atoms with E-state index in [9.17, 15) is 14.3 Å². The molecule has 0 saturated heterocycles. The predicted octanol–water partition coefficient (Wildman–Crippen LogP) is 2.67. The van der Waals surface area contributed by atoms with Gasteiger partial charge in [-0.25, -0.2) is 9.18 Å². The maximum atomic E-state index is 13.8. The van der Waals surface area contributed by atoms with Crippen LogP contribution < -0.4 is 10.1 Å². The van der Waals surface area contributed by atoms with Crippen LogP contribution in [-0.4, -0.2) is 24.2 Å². The first-order valence-corrected chi connectivity index (χ1v) is 6.82. The van der Waals surface area contributed by atoms with Gasteiger partial charge >= 0.3 is 5.97 Å². The molecule has 0 aromatic heterocycles. The highest BCUT2D eigenvalue weighted by atomic mass is 19.1. The molecule has 1 unspecified atom stereocenters. The van der Waals surface area contributed by atoms with Gasteiger partial charge < -0.3 is 9.84 Å². The summed E-state index contributed by atoms with van der Waals surface area (Å²) >= 11 is 0. The van der Waals surface area contributed by atoms with E-state index in [1.54, 1.807) is 13.0 Å². The lowest BCUT2D eigenvalue weighted by atomic mass is 9.90. The largest absolute Gasteiger partial charge is 0.494 e. The van der Waals surface area contributed by atoms with Gasteiger partial charge in [-0.05, 0) is 37.5 Å². The van der Waals surface area contributed by atoms with E-state index in [1.807, 2.05) is 0 Å². The molecule has 4 nitrogen and oxygen atoms in total. The summed E-state index contributed by atoms with van der Waals surface area (Å²) in [6.45, 7) is 1.58. The zero-order valence-corrected chi connectivity index (χ0v) is 11.8. The molecule has 0 bridgehead atoms. The summed E-state index contributed by atoms with van der Waals surface area (Å²) < 4.78 is 18.7. The quantitative estimate of drug-likeness (QED) is 0.871. The molecule has 1 aromatic rings. The summed E-state index contributed by atoms with van der Waals surface area (Å²) in [5.41, 5.74) is -0.891. The number of aliphatic carboxylic acids is 1.